The largest absolute Gasteiger partial charge is 0.493 e. The maximum atomic E-state index is 11.3. The van der Waals surface area contributed by atoms with E-state index in [9.17, 15) is 4.79 Å². The lowest BCUT2D eigenvalue weighted by Gasteiger charge is -2.18. The lowest BCUT2D eigenvalue weighted by molar-refractivity contribution is -0.120. The van der Waals surface area contributed by atoms with Gasteiger partial charge in [0.15, 0.2) is 11.5 Å². The smallest absolute Gasteiger partial charge is 0.239 e. The Morgan fingerprint density at radius 3 is 2.24 bits per heavy atom. The maximum Gasteiger partial charge on any atom is 0.239 e. The standard InChI is InChI=1S/C12H18N2O3/c1-7-5-9(16-3)10(17-4)6-8(7)11(14-2)12(13)15/h5-6,11,14H,1-4H3,(H2,13,15). The van der Waals surface area contributed by atoms with Crippen LogP contribution in [0.5, 0.6) is 11.5 Å². The zero-order valence-corrected chi connectivity index (χ0v) is 10.5. The third-order valence-corrected chi connectivity index (χ3v) is 2.66. The Balaban J connectivity index is 3.29. The molecule has 17 heavy (non-hydrogen) atoms. The Hall–Kier alpha value is -1.75. The zero-order valence-electron chi connectivity index (χ0n) is 10.5. The number of nitrogens with two attached hydrogens (primary N) is 1. The summed E-state index contributed by atoms with van der Waals surface area (Å²) >= 11 is 0. The van der Waals surface area contributed by atoms with Crippen LogP contribution in [0.15, 0.2) is 12.1 Å². The van der Waals surface area contributed by atoms with E-state index in [-0.39, 0.29) is 0 Å². The Labute approximate surface area is 101 Å². The van der Waals surface area contributed by atoms with Gasteiger partial charge in [-0.3, -0.25) is 4.79 Å². The molecule has 0 aliphatic carbocycles. The number of amides is 1. The van der Waals surface area contributed by atoms with E-state index < -0.39 is 11.9 Å². The predicted molar refractivity (Wildman–Crippen MR) is 65.3 cm³/mol. The Morgan fingerprint density at radius 2 is 1.82 bits per heavy atom. The monoisotopic (exact) mass is 238 g/mol. The Bertz CT molecular complexity index is 418. The number of methoxy groups -OCH3 is 2. The van der Waals surface area contributed by atoms with Gasteiger partial charge in [0, 0.05) is 0 Å². The summed E-state index contributed by atoms with van der Waals surface area (Å²) < 4.78 is 10.4. The topological polar surface area (TPSA) is 73.6 Å². The molecule has 5 nitrogen and oxygen atoms in total. The molecule has 1 aromatic carbocycles. The third kappa shape index (κ3) is 2.68. The molecule has 0 fully saturated rings. The molecule has 0 heterocycles. The number of hydrogen-bond acceptors (Lipinski definition) is 4. The molecule has 0 saturated heterocycles. The van der Waals surface area contributed by atoms with Crippen molar-refractivity contribution in [1.29, 1.82) is 0 Å². The fourth-order valence-electron chi connectivity index (χ4n) is 1.76. The molecule has 3 N–H and O–H groups in total. The van der Waals surface area contributed by atoms with Crippen molar-refractivity contribution in [2.24, 2.45) is 5.73 Å². The number of likely N-dealkylation sites (N-methyl/N-ethyl adjacent to an activating group) is 1. The van der Waals surface area contributed by atoms with Crippen molar-refractivity contribution in [2.45, 2.75) is 13.0 Å². The van der Waals surface area contributed by atoms with Crippen molar-refractivity contribution in [3.8, 4) is 11.5 Å². The molecule has 0 saturated carbocycles. The second-order valence-corrected chi connectivity index (χ2v) is 3.69. The van der Waals surface area contributed by atoms with E-state index in [0.29, 0.717) is 11.5 Å². The van der Waals surface area contributed by atoms with Gasteiger partial charge in [-0.2, -0.15) is 0 Å². The molecule has 0 aliphatic heterocycles. The molecule has 94 valence electrons. The van der Waals surface area contributed by atoms with Gasteiger partial charge in [-0.25, -0.2) is 0 Å². The van der Waals surface area contributed by atoms with Gasteiger partial charge in [-0.05, 0) is 37.2 Å². The van der Waals surface area contributed by atoms with Gasteiger partial charge in [0.1, 0.15) is 6.04 Å². The van der Waals surface area contributed by atoms with Crippen molar-refractivity contribution in [3.05, 3.63) is 23.3 Å². The predicted octanol–water partition coefficient (Wildman–Crippen LogP) is 0.758. The van der Waals surface area contributed by atoms with Crippen LogP contribution in [0.2, 0.25) is 0 Å². The summed E-state index contributed by atoms with van der Waals surface area (Å²) in [6, 6.07) is 3.05. The van der Waals surface area contributed by atoms with E-state index in [1.165, 1.54) is 0 Å². The number of carbonyl (C=O) groups is 1. The van der Waals surface area contributed by atoms with Crippen molar-refractivity contribution in [1.82, 2.24) is 5.32 Å². The van der Waals surface area contributed by atoms with Gasteiger partial charge in [-0.1, -0.05) is 0 Å². The van der Waals surface area contributed by atoms with E-state index >= 15 is 0 Å². The molecular formula is C12H18N2O3. The highest BCUT2D eigenvalue weighted by atomic mass is 16.5. The average molecular weight is 238 g/mol. The minimum atomic E-state index is -0.533. The maximum absolute atomic E-state index is 11.3. The second kappa shape index (κ2) is 5.54. The molecule has 1 rings (SSSR count). The van der Waals surface area contributed by atoms with Crippen molar-refractivity contribution in [2.75, 3.05) is 21.3 Å². The molecular weight excluding hydrogens is 220 g/mol. The lowest BCUT2D eigenvalue weighted by atomic mass is 10.00. The van der Waals surface area contributed by atoms with Gasteiger partial charge in [0.2, 0.25) is 5.91 Å². The van der Waals surface area contributed by atoms with Crippen molar-refractivity contribution >= 4 is 5.91 Å². The van der Waals surface area contributed by atoms with E-state index in [1.54, 1.807) is 27.3 Å². The van der Waals surface area contributed by atoms with Gasteiger partial charge in [0.25, 0.3) is 0 Å². The average Bonchev–Trinajstić information content (AvgIpc) is 2.31. The Kier molecular flexibility index (Phi) is 4.34. The third-order valence-electron chi connectivity index (χ3n) is 2.66. The molecule has 1 unspecified atom stereocenters. The summed E-state index contributed by atoms with van der Waals surface area (Å²) in [6.45, 7) is 1.89. The summed E-state index contributed by atoms with van der Waals surface area (Å²) in [7, 11) is 4.81. The molecule has 0 aliphatic rings. The zero-order chi connectivity index (χ0) is 13.0. The number of rotatable bonds is 5. The fourth-order valence-corrected chi connectivity index (χ4v) is 1.76. The highest BCUT2D eigenvalue weighted by molar-refractivity contribution is 5.82. The lowest BCUT2D eigenvalue weighted by Crippen LogP contribution is -2.31. The quantitative estimate of drug-likeness (QED) is 0.794. The van der Waals surface area contributed by atoms with Crippen LogP contribution in [0.1, 0.15) is 17.2 Å². The normalized spacial score (nSPS) is 12.0. The summed E-state index contributed by atoms with van der Waals surface area (Å²) in [4.78, 5) is 11.3. The van der Waals surface area contributed by atoms with Crippen LogP contribution in [-0.2, 0) is 4.79 Å². The SMILES string of the molecule is CNC(C(N)=O)c1cc(OC)c(OC)cc1C. The molecule has 0 aromatic heterocycles. The Morgan fingerprint density at radius 1 is 1.29 bits per heavy atom. The molecule has 0 radical (unpaired) electrons. The van der Waals surface area contributed by atoms with Crippen LogP contribution in [-0.4, -0.2) is 27.2 Å². The van der Waals surface area contributed by atoms with Crippen LogP contribution < -0.4 is 20.5 Å². The minimum Gasteiger partial charge on any atom is -0.493 e. The second-order valence-electron chi connectivity index (χ2n) is 3.69. The number of nitrogens with one attached hydrogen (secondary N) is 1. The summed E-state index contributed by atoms with van der Waals surface area (Å²) in [6.07, 6.45) is 0. The summed E-state index contributed by atoms with van der Waals surface area (Å²) in [5, 5.41) is 2.88. The number of primary amides is 1. The number of benzene rings is 1. The van der Waals surface area contributed by atoms with Gasteiger partial charge >= 0.3 is 0 Å². The van der Waals surface area contributed by atoms with Gasteiger partial charge in [0.05, 0.1) is 14.2 Å². The highest BCUT2D eigenvalue weighted by Crippen LogP contribution is 2.32. The van der Waals surface area contributed by atoms with Crippen LogP contribution in [0.4, 0.5) is 0 Å². The van der Waals surface area contributed by atoms with Crippen LogP contribution in [0.25, 0.3) is 0 Å². The first-order valence-corrected chi connectivity index (χ1v) is 5.24. The molecule has 1 amide bonds. The minimum absolute atomic E-state index is 0.428. The van der Waals surface area contributed by atoms with Gasteiger partial charge in [-0.15, -0.1) is 0 Å². The van der Waals surface area contributed by atoms with Crippen LogP contribution in [0.3, 0.4) is 0 Å². The van der Waals surface area contributed by atoms with E-state index in [1.807, 2.05) is 13.0 Å². The fraction of sp³-hybridized carbons (Fsp3) is 0.417. The van der Waals surface area contributed by atoms with E-state index in [2.05, 4.69) is 5.32 Å². The number of hydrogen-bond donors (Lipinski definition) is 2. The number of aryl methyl sites for hydroxylation is 1. The first-order chi connectivity index (χ1) is 8.04. The van der Waals surface area contributed by atoms with Crippen molar-refractivity contribution < 1.29 is 14.3 Å². The van der Waals surface area contributed by atoms with Crippen molar-refractivity contribution in [3.63, 3.8) is 0 Å². The molecule has 1 atom stereocenters. The van der Waals surface area contributed by atoms with Gasteiger partial charge < -0.3 is 20.5 Å². The van der Waals surface area contributed by atoms with E-state index in [4.69, 9.17) is 15.2 Å². The first kappa shape index (κ1) is 13.3. The number of ether oxygens (including phenoxy) is 2. The molecule has 5 heteroatoms. The molecule has 0 bridgehead atoms. The summed E-state index contributed by atoms with van der Waals surface area (Å²) in [5.41, 5.74) is 7.04. The molecule has 0 spiro atoms. The number of carbonyl (C=O) groups excluding carboxylic acids is 1. The summed E-state index contributed by atoms with van der Waals surface area (Å²) in [5.74, 6) is 0.783. The first-order valence-electron chi connectivity index (χ1n) is 5.24. The van der Waals surface area contributed by atoms with Crippen LogP contribution in [0, 0.1) is 6.92 Å². The van der Waals surface area contributed by atoms with Crippen LogP contribution >= 0.6 is 0 Å². The van der Waals surface area contributed by atoms with E-state index in [0.717, 1.165) is 11.1 Å². The molecule has 1 aromatic rings. The highest BCUT2D eigenvalue weighted by Gasteiger charge is 2.20.